The van der Waals surface area contributed by atoms with Gasteiger partial charge in [-0.3, -0.25) is 14.7 Å². The molecule has 0 aliphatic carbocycles. The van der Waals surface area contributed by atoms with Crippen molar-refractivity contribution in [3.63, 3.8) is 0 Å². The van der Waals surface area contributed by atoms with E-state index in [0.717, 1.165) is 38.3 Å². The standard InChI is InChI=1S/C17H21N3OS/c1-17(13-4-5-14-12(10-13)6-9-22-14)11-15(21)20-8-3-2-7-18-16(20)19-17/h4-5,10H,2-3,6-9,11H2,1H3,(H,18,19)/t17-/m0/s1. The zero-order valence-corrected chi connectivity index (χ0v) is 13.7. The fraction of sp³-hybridized carbons (Fsp3) is 0.529. The predicted octanol–water partition coefficient (Wildman–Crippen LogP) is 2.52. The van der Waals surface area contributed by atoms with Crippen molar-refractivity contribution in [2.24, 2.45) is 4.99 Å². The van der Waals surface area contributed by atoms with Gasteiger partial charge in [0.05, 0.1) is 12.0 Å². The lowest BCUT2D eigenvalue weighted by Crippen LogP contribution is -2.59. The number of carbonyl (C=O) groups is 1. The van der Waals surface area contributed by atoms with Gasteiger partial charge in [0, 0.05) is 23.7 Å². The van der Waals surface area contributed by atoms with Gasteiger partial charge in [-0.2, -0.15) is 0 Å². The minimum absolute atomic E-state index is 0.191. The van der Waals surface area contributed by atoms with E-state index in [9.17, 15) is 4.79 Å². The predicted molar refractivity (Wildman–Crippen MR) is 89.2 cm³/mol. The molecule has 1 N–H and O–H groups in total. The molecule has 1 atom stereocenters. The second-order valence-corrected chi connectivity index (χ2v) is 7.65. The Labute approximate surface area is 135 Å². The number of aliphatic imine (C=N–C) groups is 1. The summed E-state index contributed by atoms with van der Waals surface area (Å²) in [5, 5.41) is 3.56. The number of benzene rings is 1. The highest BCUT2D eigenvalue weighted by Crippen LogP contribution is 2.36. The Balaban J connectivity index is 1.68. The highest BCUT2D eigenvalue weighted by Gasteiger charge is 2.40. The molecule has 0 unspecified atom stereocenters. The number of aryl methyl sites for hydroxylation is 1. The van der Waals surface area contributed by atoms with Gasteiger partial charge in [0.2, 0.25) is 11.9 Å². The highest BCUT2D eigenvalue weighted by atomic mass is 32.2. The summed E-state index contributed by atoms with van der Waals surface area (Å²) in [5.41, 5.74) is 2.27. The number of nitrogens with zero attached hydrogens (tertiary/aromatic N) is 2. The van der Waals surface area contributed by atoms with Crippen LogP contribution in [0.25, 0.3) is 0 Å². The first-order chi connectivity index (χ1) is 10.7. The average molecular weight is 315 g/mol. The minimum Gasteiger partial charge on any atom is -0.346 e. The molecule has 0 spiro atoms. The van der Waals surface area contributed by atoms with Gasteiger partial charge in [-0.15, -0.1) is 11.8 Å². The number of thioether (sulfide) groups is 1. The largest absolute Gasteiger partial charge is 0.346 e. The molecule has 22 heavy (non-hydrogen) atoms. The van der Waals surface area contributed by atoms with E-state index in [0.29, 0.717) is 6.42 Å². The number of hydrogen-bond donors (Lipinski definition) is 1. The Morgan fingerprint density at radius 2 is 2.27 bits per heavy atom. The van der Waals surface area contributed by atoms with Crippen molar-refractivity contribution in [2.45, 2.75) is 43.0 Å². The molecule has 0 bridgehead atoms. The maximum Gasteiger partial charge on any atom is 0.231 e. The maximum atomic E-state index is 12.6. The van der Waals surface area contributed by atoms with Gasteiger partial charge in [0.1, 0.15) is 0 Å². The number of amides is 1. The van der Waals surface area contributed by atoms with Crippen molar-refractivity contribution < 1.29 is 4.79 Å². The summed E-state index contributed by atoms with van der Waals surface area (Å²) >= 11 is 1.92. The minimum atomic E-state index is -0.348. The van der Waals surface area contributed by atoms with E-state index in [1.165, 1.54) is 21.8 Å². The molecule has 1 amide bonds. The van der Waals surface area contributed by atoms with Crippen molar-refractivity contribution in [3.8, 4) is 0 Å². The Hall–Kier alpha value is -1.49. The van der Waals surface area contributed by atoms with Crippen molar-refractivity contribution in [3.05, 3.63) is 29.3 Å². The van der Waals surface area contributed by atoms with E-state index in [2.05, 4.69) is 35.4 Å². The summed E-state index contributed by atoms with van der Waals surface area (Å²) in [4.78, 5) is 20.4. The number of guanidine groups is 1. The first-order valence-corrected chi connectivity index (χ1v) is 9.03. The molecule has 1 fully saturated rings. The quantitative estimate of drug-likeness (QED) is 0.866. The number of carbonyl (C=O) groups excluding carboxylic acids is 1. The number of rotatable bonds is 1. The highest BCUT2D eigenvalue weighted by molar-refractivity contribution is 7.99. The van der Waals surface area contributed by atoms with Gasteiger partial charge in [0.15, 0.2) is 0 Å². The summed E-state index contributed by atoms with van der Waals surface area (Å²) < 4.78 is 0. The number of nitrogens with one attached hydrogen (secondary N) is 1. The van der Waals surface area contributed by atoms with E-state index < -0.39 is 0 Å². The molecule has 4 nitrogen and oxygen atoms in total. The number of fused-ring (bicyclic) bond motifs is 2. The number of hydrogen-bond acceptors (Lipinski definition) is 4. The molecule has 0 aromatic heterocycles. The van der Waals surface area contributed by atoms with Gasteiger partial charge >= 0.3 is 0 Å². The van der Waals surface area contributed by atoms with Crippen LogP contribution in [0.15, 0.2) is 28.1 Å². The lowest BCUT2D eigenvalue weighted by Gasteiger charge is -2.41. The summed E-state index contributed by atoms with van der Waals surface area (Å²) in [7, 11) is 0. The second-order valence-electron chi connectivity index (χ2n) is 6.51. The van der Waals surface area contributed by atoms with Gasteiger partial charge in [-0.05, 0) is 43.4 Å². The van der Waals surface area contributed by atoms with Gasteiger partial charge in [0.25, 0.3) is 0 Å². The van der Waals surface area contributed by atoms with Crippen LogP contribution in [0.3, 0.4) is 0 Å². The summed E-state index contributed by atoms with van der Waals surface area (Å²) in [6.07, 6.45) is 3.72. The van der Waals surface area contributed by atoms with Crippen LogP contribution in [-0.4, -0.2) is 35.6 Å². The van der Waals surface area contributed by atoms with Gasteiger partial charge in [-0.25, -0.2) is 0 Å². The Morgan fingerprint density at radius 3 is 3.18 bits per heavy atom. The fourth-order valence-corrected chi connectivity index (χ4v) is 4.55. The van der Waals surface area contributed by atoms with Crippen LogP contribution >= 0.6 is 11.8 Å². The topological polar surface area (TPSA) is 44.7 Å². The summed E-state index contributed by atoms with van der Waals surface area (Å²) in [6, 6.07) is 6.66. The Morgan fingerprint density at radius 1 is 1.36 bits per heavy atom. The Kier molecular flexibility index (Phi) is 3.40. The molecule has 0 saturated carbocycles. The van der Waals surface area contributed by atoms with Crippen molar-refractivity contribution >= 4 is 23.6 Å². The van der Waals surface area contributed by atoms with E-state index in [1.54, 1.807) is 0 Å². The van der Waals surface area contributed by atoms with E-state index in [4.69, 9.17) is 0 Å². The van der Waals surface area contributed by atoms with Crippen LogP contribution in [0.4, 0.5) is 0 Å². The van der Waals surface area contributed by atoms with E-state index in [-0.39, 0.29) is 11.4 Å². The lowest BCUT2D eigenvalue weighted by molar-refractivity contribution is -0.130. The van der Waals surface area contributed by atoms with Gasteiger partial charge < -0.3 is 5.32 Å². The average Bonchev–Trinajstić information content (AvgIpc) is 2.84. The molecule has 3 heterocycles. The van der Waals surface area contributed by atoms with Crippen LogP contribution in [0.1, 0.15) is 37.3 Å². The van der Waals surface area contributed by atoms with Crippen LogP contribution in [0.2, 0.25) is 0 Å². The van der Waals surface area contributed by atoms with E-state index in [1.807, 2.05) is 16.7 Å². The molecule has 1 aromatic rings. The van der Waals surface area contributed by atoms with Crippen LogP contribution < -0.4 is 5.32 Å². The molecule has 1 saturated heterocycles. The molecule has 3 aliphatic heterocycles. The molecule has 1 aromatic carbocycles. The third kappa shape index (κ3) is 2.32. The zero-order chi connectivity index (χ0) is 15.2. The van der Waals surface area contributed by atoms with Gasteiger partial charge in [-0.1, -0.05) is 12.1 Å². The third-order valence-electron chi connectivity index (χ3n) is 4.83. The monoisotopic (exact) mass is 315 g/mol. The van der Waals surface area contributed by atoms with E-state index >= 15 is 0 Å². The summed E-state index contributed by atoms with van der Waals surface area (Å²) in [5.74, 6) is 2.13. The molecule has 5 heteroatoms. The molecular weight excluding hydrogens is 294 g/mol. The maximum absolute atomic E-state index is 12.6. The fourth-order valence-electron chi connectivity index (χ4n) is 3.50. The molecule has 3 aliphatic rings. The molecule has 116 valence electrons. The normalized spacial score (nSPS) is 27.6. The second kappa shape index (κ2) is 5.30. The van der Waals surface area contributed by atoms with Crippen LogP contribution in [0.5, 0.6) is 0 Å². The zero-order valence-electron chi connectivity index (χ0n) is 12.9. The van der Waals surface area contributed by atoms with Crippen molar-refractivity contribution in [1.29, 1.82) is 0 Å². The van der Waals surface area contributed by atoms with Crippen molar-refractivity contribution in [2.75, 3.05) is 18.8 Å². The van der Waals surface area contributed by atoms with Crippen LogP contribution in [0, 0.1) is 0 Å². The molecule has 4 rings (SSSR count). The van der Waals surface area contributed by atoms with Crippen molar-refractivity contribution in [1.82, 2.24) is 10.2 Å². The smallest absolute Gasteiger partial charge is 0.231 e. The first kappa shape index (κ1) is 14.1. The first-order valence-electron chi connectivity index (χ1n) is 8.05. The molecular formula is C17H21N3OS. The SMILES string of the molecule is C[C@@]1(c2ccc3c(c2)CCS3)CC(=O)N2CCCCN=C2N1. The molecule has 0 radical (unpaired) electrons. The lowest BCUT2D eigenvalue weighted by atomic mass is 9.85. The summed E-state index contributed by atoms with van der Waals surface area (Å²) in [6.45, 7) is 3.73. The third-order valence-corrected chi connectivity index (χ3v) is 5.94. The van der Waals surface area contributed by atoms with Crippen LogP contribution in [-0.2, 0) is 16.8 Å². The Bertz CT molecular complexity index is 657.